The number of rotatable bonds is 13. The second-order valence-corrected chi connectivity index (χ2v) is 13.5. The molecule has 0 unspecified atom stereocenters. The Balaban J connectivity index is 1.42. The minimum absolute atomic E-state index is 0.0172. The van der Waals surface area contributed by atoms with E-state index in [2.05, 4.69) is 31.4 Å². The van der Waals surface area contributed by atoms with Crippen molar-refractivity contribution in [1.29, 1.82) is 5.41 Å². The number of piperazine rings is 1. The molecule has 3 aromatic rings. The molecule has 9 heteroatoms. The molecule has 0 saturated carbocycles. The van der Waals surface area contributed by atoms with Crippen molar-refractivity contribution in [2.75, 3.05) is 26.2 Å². The van der Waals surface area contributed by atoms with E-state index in [9.17, 15) is 18.4 Å². The van der Waals surface area contributed by atoms with Crippen LogP contribution in [-0.2, 0) is 15.0 Å². The molecule has 1 fully saturated rings. The Hall–Kier alpha value is -4.37. The lowest BCUT2D eigenvalue weighted by Crippen LogP contribution is -2.54. The van der Waals surface area contributed by atoms with Crippen molar-refractivity contribution in [2.45, 2.75) is 77.7 Å². The summed E-state index contributed by atoms with van der Waals surface area (Å²) in [6.45, 7) is 12.1. The molecular weight excluding hydrogens is 610 g/mol. The van der Waals surface area contributed by atoms with Crippen LogP contribution in [0.5, 0.6) is 5.75 Å². The SMILES string of the molecule is CC/C(CC[C@H]1CNCCN1C(=O)COc1ccc(C(C)(C)C)cc1)=C(\C=N)NC(=O)C[C@@H](c1ccc(F)cc1)c1cc(C)cc(F)c1. The van der Waals surface area contributed by atoms with Crippen molar-refractivity contribution in [1.82, 2.24) is 15.5 Å². The molecule has 3 aromatic carbocycles. The first kappa shape index (κ1) is 36.5. The molecular formula is C39H48F2N4O3. The highest BCUT2D eigenvalue weighted by molar-refractivity contribution is 5.88. The van der Waals surface area contributed by atoms with Crippen molar-refractivity contribution in [3.05, 3.63) is 112 Å². The molecule has 3 N–H and O–H groups in total. The molecule has 256 valence electrons. The molecule has 1 aliphatic rings. The van der Waals surface area contributed by atoms with Crippen molar-refractivity contribution in [2.24, 2.45) is 0 Å². The molecule has 0 bridgehead atoms. The van der Waals surface area contributed by atoms with Crippen LogP contribution >= 0.6 is 0 Å². The Bertz CT molecular complexity index is 1580. The number of amides is 2. The van der Waals surface area contributed by atoms with Gasteiger partial charge in [0.05, 0.1) is 5.70 Å². The number of hydrogen-bond donors (Lipinski definition) is 3. The van der Waals surface area contributed by atoms with Crippen LogP contribution in [0.4, 0.5) is 8.78 Å². The van der Waals surface area contributed by atoms with Gasteiger partial charge in [-0.2, -0.15) is 0 Å². The van der Waals surface area contributed by atoms with Crippen LogP contribution in [0.2, 0.25) is 0 Å². The third-order valence-electron chi connectivity index (χ3n) is 8.89. The summed E-state index contributed by atoms with van der Waals surface area (Å²) in [5, 5.41) is 14.4. The zero-order chi connectivity index (χ0) is 34.8. The van der Waals surface area contributed by atoms with Crippen molar-refractivity contribution >= 4 is 18.0 Å². The van der Waals surface area contributed by atoms with Crippen LogP contribution in [0.15, 0.2) is 78.0 Å². The fourth-order valence-electron chi connectivity index (χ4n) is 6.17. The number of hydrogen-bond acceptors (Lipinski definition) is 5. The van der Waals surface area contributed by atoms with Gasteiger partial charge in [0.25, 0.3) is 5.91 Å². The van der Waals surface area contributed by atoms with Gasteiger partial charge in [-0.05, 0) is 95.8 Å². The van der Waals surface area contributed by atoms with Crippen LogP contribution in [0.1, 0.15) is 81.5 Å². The molecule has 0 aromatic heterocycles. The number of benzene rings is 3. The molecule has 0 radical (unpaired) electrons. The summed E-state index contributed by atoms with van der Waals surface area (Å²) in [5.74, 6) is -1.07. The first-order valence-corrected chi connectivity index (χ1v) is 16.7. The zero-order valence-electron chi connectivity index (χ0n) is 28.7. The summed E-state index contributed by atoms with van der Waals surface area (Å²) in [4.78, 5) is 28.6. The second-order valence-electron chi connectivity index (χ2n) is 13.5. The van der Waals surface area contributed by atoms with Crippen LogP contribution < -0.4 is 15.4 Å². The van der Waals surface area contributed by atoms with E-state index < -0.39 is 17.6 Å². The summed E-state index contributed by atoms with van der Waals surface area (Å²) in [6.07, 6.45) is 2.97. The number of allylic oxidation sites excluding steroid dienone is 2. The molecule has 7 nitrogen and oxygen atoms in total. The van der Waals surface area contributed by atoms with Gasteiger partial charge in [0, 0.05) is 44.2 Å². The lowest BCUT2D eigenvalue weighted by atomic mass is 9.87. The van der Waals surface area contributed by atoms with Gasteiger partial charge in [-0.1, -0.05) is 58.0 Å². The normalized spacial score (nSPS) is 16.1. The Kier molecular flexibility index (Phi) is 12.6. The van der Waals surface area contributed by atoms with Gasteiger partial charge in [-0.3, -0.25) is 9.59 Å². The number of aryl methyl sites for hydroxylation is 1. The van der Waals surface area contributed by atoms with E-state index in [1.54, 1.807) is 19.1 Å². The van der Waals surface area contributed by atoms with Crippen molar-refractivity contribution in [3.63, 3.8) is 0 Å². The predicted octanol–water partition coefficient (Wildman–Crippen LogP) is 7.18. The first-order valence-electron chi connectivity index (χ1n) is 16.7. The highest BCUT2D eigenvalue weighted by Crippen LogP contribution is 2.30. The van der Waals surface area contributed by atoms with Gasteiger partial charge >= 0.3 is 0 Å². The Morgan fingerprint density at radius 3 is 2.38 bits per heavy atom. The van der Waals surface area contributed by atoms with E-state index in [1.165, 1.54) is 29.8 Å². The molecule has 2 amide bonds. The average molecular weight is 659 g/mol. The van der Waals surface area contributed by atoms with Gasteiger partial charge in [0.15, 0.2) is 6.61 Å². The standard InChI is InChI=1S/C39H48F2N4O3/c1-6-27(9-14-33-24-43-17-18-45(33)38(47)25-48-34-15-10-30(11-16-34)39(3,4)5)36(23-42)44-37(46)22-35(28-7-12-31(40)13-8-28)29-19-26(2)20-32(41)21-29/h7-8,10-13,15-16,19-21,23,33,35,42-43H,6,9,14,17-18,22,24-25H2,1-5H3,(H,44,46)/b36-27-,42-23?/t33-,35-/m0/s1. The highest BCUT2D eigenvalue weighted by atomic mass is 19.1. The second kappa shape index (κ2) is 16.6. The molecule has 1 heterocycles. The molecule has 2 atom stereocenters. The Morgan fingerprint density at radius 1 is 1.04 bits per heavy atom. The summed E-state index contributed by atoms with van der Waals surface area (Å²) in [5.41, 5.74) is 4.56. The molecule has 0 aliphatic carbocycles. The van der Waals surface area contributed by atoms with E-state index in [1.807, 2.05) is 42.2 Å². The summed E-state index contributed by atoms with van der Waals surface area (Å²) in [7, 11) is 0. The third kappa shape index (κ3) is 10.1. The Labute approximate surface area is 283 Å². The minimum atomic E-state index is -0.511. The number of halogens is 2. The van der Waals surface area contributed by atoms with Crippen molar-refractivity contribution in [3.8, 4) is 5.75 Å². The first-order chi connectivity index (χ1) is 22.9. The van der Waals surface area contributed by atoms with Gasteiger partial charge in [0.1, 0.15) is 17.4 Å². The molecule has 48 heavy (non-hydrogen) atoms. The van der Waals surface area contributed by atoms with E-state index in [4.69, 9.17) is 10.1 Å². The topological polar surface area (TPSA) is 94.5 Å². The molecule has 0 spiro atoms. The number of ether oxygens (including phenoxy) is 1. The van der Waals surface area contributed by atoms with E-state index >= 15 is 0 Å². The summed E-state index contributed by atoms with van der Waals surface area (Å²) >= 11 is 0. The van der Waals surface area contributed by atoms with E-state index in [0.717, 1.165) is 17.4 Å². The Morgan fingerprint density at radius 2 is 1.75 bits per heavy atom. The lowest BCUT2D eigenvalue weighted by molar-refractivity contribution is -0.136. The number of nitrogens with zero attached hydrogens (tertiary/aromatic N) is 1. The average Bonchev–Trinajstić information content (AvgIpc) is 3.05. The fraction of sp³-hybridized carbons (Fsp3) is 0.410. The zero-order valence-corrected chi connectivity index (χ0v) is 28.7. The van der Waals surface area contributed by atoms with Crippen LogP contribution in [-0.4, -0.2) is 55.2 Å². The smallest absolute Gasteiger partial charge is 0.260 e. The summed E-state index contributed by atoms with van der Waals surface area (Å²) in [6, 6.07) is 18.3. The number of carbonyl (C=O) groups is 2. The van der Waals surface area contributed by atoms with Crippen LogP contribution in [0, 0.1) is 24.0 Å². The number of carbonyl (C=O) groups excluding carboxylic acids is 2. The van der Waals surface area contributed by atoms with E-state index in [-0.39, 0.29) is 36.3 Å². The quantitative estimate of drug-likeness (QED) is 0.170. The predicted molar refractivity (Wildman–Crippen MR) is 186 cm³/mol. The molecule has 1 aliphatic heterocycles. The van der Waals surface area contributed by atoms with Gasteiger partial charge in [0.2, 0.25) is 5.91 Å². The summed E-state index contributed by atoms with van der Waals surface area (Å²) < 4.78 is 33.9. The fourth-order valence-corrected chi connectivity index (χ4v) is 6.17. The van der Waals surface area contributed by atoms with Crippen molar-refractivity contribution < 1.29 is 23.1 Å². The number of nitrogens with one attached hydrogen (secondary N) is 3. The minimum Gasteiger partial charge on any atom is -0.484 e. The van der Waals surface area contributed by atoms with E-state index in [0.29, 0.717) is 61.5 Å². The maximum atomic E-state index is 14.4. The van der Waals surface area contributed by atoms with Gasteiger partial charge < -0.3 is 25.7 Å². The maximum Gasteiger partial charge on any atom is 0.260 e. The highest BCUT2D eigenvalue weighted by Gasteiger charge is 2.27. The van der Waals surface area contributed by atoms with Gasteiger partial charge in [-0.25, -0.2) is 8.78 Å². The van der Waals surface area contributed by atoms with Gasteiger partial charge in [-0.15, -0.1) is 0 Å². The monoisotopic (exact) mass is 658 g/mol. The largest absolute Gasteiger partial charge is 0.484 e. The van der Waals surface area contributed by atoms with Crippen LogP contribution in [0.25, 0.3) is 0 Å². The third-order valence-corrected chi connectivity index (χ3v) is 8.89. The van der Waals surface area contributed by atoms with Crippen LogP contribution in [0.3, 0.4) is 0 Å². The lowest BCUT2D eigenvalue weighted by Gasteiger charge is -2.36. The maximum absolute atomic E-state index is 14.4. The molecule has 4 rings (SSSR count). The molecule has 1 saturated heterocycles.